The molecule has 5 aromatic rings. The second kappa shape index (κ2) is 12.4. The van der Waals surface area contributed by atoms with Crippen molar-refractivity contribution in [1.29, 1.82) is 5.26 Å². The van der Waals surface area contributed by atoms with E-state index in [1.807, 2.05) is 54.6 Å². The van der Waals surface area contributed by atoms with Crippen LogP contribution in [0.3, 0.4) is 0 Å². The number of benzene rings is 4. The lowest BCUT2D eigenvalue weighted by molar-refractivity contribution is 0.290. The number of rotatable bonds is 10. The van der Waals surface area contributed by atoms with Crippen LogP contribution in [-0.4, -0.2) is 9.97 Å². The van der Waals surface area contributed by atoms with Gasteiger partial charge >= 0.3 is 0 Å². The maximum absolute atomic E-state index is 9.25. The van der Waals surface area contributed by atoms with E-state index in [0.717, 1.165) is 16.7 Å². The highest BCUT2D eigenvalue weighted by atomic mass is 16.5. The fourth-order valence-electron chi connectivity index (χ4n) is 4.41. The molecular formula is C32H26N6O2. The SMILES string of the molecule is Cc1c(COc2ccc(-c3nc(CN=[N+]=[N-])c[nH]3)c(OCc3cccc(C#N)c3)c2)cccc1-c1ccccc1. The molecule has 0 atom stereocenters. The van der Waals surface area contributed by atoms with Gasteiger partial charge in [-0.2, -0.15) is 5.26 Å². The molecule has 5 rings (SSSR count). The lowest BCUT2D eigenvalue weighted by atomic mass is 9.97. The van der Waals surface area contributed by atoms with Gasteiger partial charge in [0.05, 0.1) is 29.4 Å². The predicted octanol–water partition coefficient (Wildman–Crippen LogP) is 7.89. The van der Waals surface area contributed by atoms with Crippen LogP contribution in [0.5, 0.6) is 11.5 Å². The standard InChI is InChI=1S/C32H26N6O2/c1-22-26(11-6-12-29(22)25-9-3-2-4-10-25)21-39-28-13-14-30(32-35-18-27(37-32)19-36-38-34)31(16-28)40-20-24-8-5-7-23(15-24)17-33/h2-16,18H,19-21H2,1H3,(H,35,37). The molecular weight excluding hydrogens is 500 g/mol. The average molecular weight is 527 g/mol. The summed E-state index contributed by atoms with van der Waals surface area (Å²) in [6.07, 6.45) is 1.71. The quantitative estimate of drug-likeness (QED) is 0.113. The van der Waals surface area contributed by atoms with Gasteiger partial charge in [0.15, 0.2) is 0 Å². The largest absolute Gasteiger partial charge is 0.489 e. The number of nitrogens with one attached hydrogen (secondary N) is 1. The van der Waals surface area contributed by atoms with E-state index in [0.29, 0.717) is 35.2 Å². The highest BCUT2D eigenvalue weighted by molar-refractivity contribution is 5.68. The number of nitrogens with zero attached hydrogens (tertiary/aromatic N) is 5. The van der Waals surface area contributed by atoms with Crippen LogP contribution in [0.4, 0.5) is 0 Å². The smallest absolute Gasteiger partial charge is 0.141 e. The fraction of sp³-hybridized carbons (Fsp3) is 0.125. The normalized spacial score (nSPS) is 10.4. The molecule has 0 spiro atoms. The molecule has 1 N–H and O–H groups in total. The zero-order chi connectivity index (χ0) is 27.7. The minimum atomic E-state index is 0.146. The van der Waals surface area contributed by atoms with Gasteiger partial charge in [0.2, 0.25) is 0 Å². The summed E-state index contributed by atoms with van der Waals surface area (Å²) < 4.78 is 12.5. The molecule has 0 saturated heterocycles. The Morgan fingerprint density at radius 1 is 0.925 bits per heavy atom. The molecule has 0 saturated carbocycles. The number of imidazole rings is 1. The Morgan fingerprint density at radius 3 is 2.60 bits per heavy atom. The molecule has 0 unspecified atom stereocenters. The van der Waals surface area contributed by atoms with Crippen LogP contribution in [0.25, 0.3) is 33.0 Å². The van der Waals surface area contributed by atoms with Crippen molar-refractivity contribution in [3.8, 4) is 40.1 Å². The van der Waals surface area contributed by atoms with Crippen LogP contribution in [-0.2, 0) is 19.8 Å². The van der Waals surface area contributed by atoms with Crippen LogP contribution in [0, 0.1) is 18.3 Å². The van der Waals surface area contributed by atoms with Crippen molar-refractivity contribution in [2.45, 2.75) is 26.7 Å². The summed E-state index contributed by atoms with van der Waals surface area (Å²) in [5.41, 5.74) is 16.0. The summed E-state index contributed by atoms with van der Waals surface area (Å²) in [7, 11) is 0. The first-order valence-electron chi connectivity index (χ1n) is 12.7. The second-order valence-corrected chi connectivity index (χ2v) is 9.13. The van der Waals surface area contributed by atoms with Gasteiger partial charge < -0.3 is 14.5 Å². The number of hydrogen-bond acceptors (Lipinski definition) is 5. The van der Waals surface area contributed by atoms with E-state index in [4.69, 9.17) is 15.0 Å². The minimum absolute atomic E-state index is 0.146. The first-order chi connectivity index (χ1) is 19.6. The number of aromatic nitrogens is 2. The van der Waals surface area contributed by atoms with E-state index >= 15 is 0 Å². The van der Waals surface area contributed by atoms with Crippen molar-refractivity contribution in [3.05, 3.63) is 136 Å². The monoisotopic (exact) mass is 526 g/mol. The van der Waals surface area contributed by atoms with Crippen molar-refractivity contribution in [2.24, 2.45) is 5.11 Å². The zero-order valence-corrected chi connectivity index (χ0v) is 21.9. The number of ether oxygens (including phenoxy) is 2. The third kappa shape index (κ3) is 6.13. The Bertz CT molecular complexity index is 1720. The van der Waals surface area contributed by atoms with Crippen molar-refractivity contribution in [3.63, 3.8) is 0 Å². The second-order valence-electron chi connectivity index (χ2n) is 9.13. The number of nitriles is 1. The van der Waals surface area contributed by atoms with Gasteiger partial charge in [0.1, 0.15) is 30.5 Å². The van der Waals surface area contributed by atoms with Gasteiger partial charge in [0, 0.05) is 17.2 Å². The Labute approximate surface area is 232 Å². The van der Waals surface area contributed by atoms with Gasteiger partial charge in [-0.25, -0.2) is 4.98 Å². The first-order valence-corrected chi connectivity index (χ1v) is 12.7. The van der Waals surface area contributed by atoms with Crippen molar-refractivity contribution in [1.82, 2.24) is 9.97 Å². The number of hydrogen-bond donors (Lipinski definition) is 1. The molecule has 0 bridgehead atoms. The fourth-order valence-corrected chi connectivity index (χ4v) is 4.41. The minimum Gasteiger partial charge on any atom is -0.489 e. The van der Waals surface area contributed by atoms with Gasteiger partial charge in [0.25, 0.3) is 0 Å². The van der Waals surface area contributed by atoms with Gasteiger partial charge in [-0.05, 0) is 64.5 Å². The zero-order valence-electron chi connectivity index (χ0n) is 21.9. The van der Waals surface area contributed by atoms with Crippen LogP contribution in [0.2, 0.25) is 0 Å². The van der Waals surface area contributed by atoms with E-state index in [1.54, 1.807) is 18.3 Å². The molecule has 0 amide bonds. The molecule has 4 aromatic carbocycles. The number of aromatic amines is 1. The molecule has 0 aliphatic carbocycles. The highest BCUT2D eigenvalue weighted by Crippen LogP contribution is 2.34. The maximum atomic E-state index is 9.25. The van der Waals surface area contributed by atoms with Crippen molar-refractivity contribution in [2.75, 3.05) is 0 Å². The van der Waals surface area contributed by atoms with E-state index < -0.39 is 0 Å². The first kappa shape index (κ1) is 26.1. The Kier molecular flexibility index (Phi) is 8.07. The Morgan fingerprint density at radius 2 is 1.77 bits per heavy atom. The van der Waals surface area contributed by atoms with E-state index in [2.05, 4.69) is 57.3 Å². The van der Waals surface area contributed by atoms with Crippen LogP contribution >= 0.6 is 0 Å². The molecule has 0 aliphatic rings. The topological polar surface area (TPSA) is 120 Å². The van der Waals surface area contributed by atoms with Crippen LogP contribution in [0.1, 0.15) is 27.9 Å². The average Bonchev–Trinajstić information content (AvgIpc) is 3.48. The van der Waals surface area contributed by atoms with Crippen LogP contribution < -0.4 is 9.47 Å². The molecule has 1 heterocycles. The van der Waals surface area contributed by atoms with Crippen LogP contribution in [0.15, 0.2) is 102 Å². The lowest BCUT2D eigenvalue weighted by Crippen LogP contribution is -2.01. The highest BCUT2D eigenvalue weighted by Gasteiger charge is 2.14. The van der Waals surface area contributed by atoms with E-state index in [-0.39, 0.29) is 13.2 Å². The summed E-state index contributed by atoms with van der Waals surface area (Å²) in [6.45, 7) is 2.91. The van der Waals surface area contributed by atoms with E-state index in [9.17, 15) is 5.26 Å². The Hall–Kier alpha value is -5.51. The molecule has 8 heteroatoms. The number of azide groups is 1. The van der Waals surface area contributed by atoms with Gasteiger partial charge in [-0.1, -0.05) is 65.8 Å². The van der Waals surface area contributed by atoms with Gasteiger partial charge in [-0.15, -0.1) is 0 Å². The molecule has 40 heavy (non-hydrogen) atoms. The third-order valence-corrected chi connectivity index (χ3v) is 6.51. The molecule has 1 aromatic heterocycles. The molecule has 0 aliphatic heterocycles. The summed E-state index contributed by atoms with van der Waals surface area (Å²) in [5.74, 6) is 1.80. The van der Waals surface area contributed by atoms with Crippen molar-refractivity contribution >= 4 is 0 Å². The maximum Gasteiger partial charge on any atom is 0.141 e. The third-order valence-electron chi connectivity index (χ3n) is 6.51. The Balaban J connectivity index is 1.40. The van der Waals surface area contributed by atoms with E-state index in [1.165, 1.54) is 16.7 Å². The number of H-pyrrole nitrogens is 1. The molecule has 0 radical (unpaired) electrons. The molecule has 8 nitrogen and oxygen atoms in total. The predicted molar refractivity (Wildman–Crippen MR) is 153 cm³/mol. The molecule has 0 fully saturated rings. The summed E-state index contributed by atoms with van der Waals surface area (Å²) >= 11 is 0. The molecule has 196 valence electrons. The summed E-state index contributed by atoms with van der Waals surface area (Å²) in [5, 5.41) is 12.8. The van der Waals surface area contributed by atoms with Gasteiger partial charge in [-0.3, -0.25) is 0 Å². The summed E-state index contributed by atoms with van der Waals surface area (Å²) in [4.78, 5) is 10.5. The summed E-state index contributed by atoms with van der Waals surface area (Å²) in [6, 6.07) is 31.6. The lowest BCUT2D eigenvalue weighted by Gasteiger charge is -2.15. The van der Waals surface area contributed by atoms with Crippen molar-refractivity contribution < 1.29 is 9.47 Å².